The van der Waals surface area contributed by atoms with Crippen molar-refractivity contribution in [2.45, 2.75) is 0 Å². The lowest BCUT2D eigenvalue weighted by Gasteiger charge is -2.04. The minimum Gasteiger partial charge on any atom is -0.507 e. The third-order valence-electron chi connectivity index (χ3n) is 5.30. The predicted octanol–water partition coefficient (Wildman–Crippen LogP) is 7.89. The monoisotopic (exact) mass is 427 g/mol. The Hall–Kier alpha value is -3.34. The average Bonchev–Trinajstić information content (AvgIpc) is 3.35. The maximum absolute atomic E-state index is 10.2. The molecule has 0 saturated carbocycles. The van der Waals surface area contributed by atoms with Gasteiger partial charge in [0.1, 0.15) is 27.4 Å². The van der Waals surface area contributed by atoms with Crippen molar-refractivity contribution < 1.29 is 9.52 Å². The highest BCUT2D eigenvalue weighted by Crippen LogP contribution is 2.41. The lowest BCUT2D eigenvalue weighted by molar-refractivity contribution is 0.477. The molecule has 0 bridgehead atoms. The number of halogens is 1. The highest BCUT2D eigenvalue weighted by molar-refractivity contribution is 7.21. The molecule has 6 aromatic rings. The highest BCUT2D eigenvalue weighted by atomic mass is 35.5. The van der Waals surface area contributed by atoms with Gasteiger partial charge in [0.05, 0.1) is 15.3 Å². The largest absolute Gasteiger partial charge is 0.507 e. The molecule has 0 aliphatic rings. The van der Waals surface area contributed by atoms with Gasteiger partial charge in [-0.3, -0.25) is 0 Å². The van der Waals surface area contributed by atoms with Gasteiger partial charge in [-0.05, 0) is 35.9 Å². The Morgan fingerprint density at radius 2 is 1.60 bits per heavy atom. The van der Waals surface area contributed by atoms with Crippen LogP contribution in [0.25, 0.3) is 53.9 Å². The molecule has 0 aliphatic carbocycles. The van der Waals surface area contributed by atoms with E-state index in [1.165, 1.54) is 11.3 Å². The zero-order valence-electron chi connectivity index (χ0n) is 15.6. The van der Waals surface area contributed by atoms with Crippen LogP contribution in [0.4, 0.5) is 0 Å². The molecule has 2 heterocycles. The first-order chi connectivity index (χ1) is 14.7. The lowest BCUT2D eigenvalue weighted by atomic mass is 10.0. The number of thiazole rings is 1. The third-order valence-corrected chi connectivity index (χ3v) is 6.62. The van der Waals surface area contributed by atoms with Crippen LogP contribution in [0.5, 0.6) is 5.75 Å². The van der Waals surface area contributed by atoms with E-state index in [1.807, 2.05) is 48.5 Å². The Bertz CT molecular complexity index is 1580. The zero-order chi connectivity index (χ0) is 20.2. The SMILES string of the molecule is Oc1ccccc1-c1nc2c(Cl)cc(-c3cccc4c3oc3ccccc34)cc2s1. The molecule has 0 aliphatic heterocycles. The summed E-state index contributed by atoms with van der Waals surface area (Å²) in [5.74, 6) is 0.208. The smallest absolute Gasteiger partial charge is 0.143 e. The molecule has 3 nitrogen and oxygen atoms in total. The quantitative estimate of drug-likeness (QED) is 0.305. The van der Waals surface area contributed by atoms with Crippen molar-refractivity contribution in [1.82, 2.24) is 4.98 Å². The maximum atomic E-state index is 10.2. The molecule has 0 radical (unpaired) electrons. The molecule has 30 heavy (non-hydrogen) atoms. The number of fused-ring (bicyclic) bond motifs is 4. The number of hydrogen-bond donors (Lipinski definition) is 1. The number of phenols is 1. The van der Waals surface area contributed by atoms with Crippen LogP contribution < -0.4 is 0 Å². The van der Waals surface area contributed by atoms with Gasteiger partial charge in [0.15, 0.2) is 0 Å². The minimum atomic E-state index is 0.208. The Morgan fingerprint density at radius 3 is 2.50 bits per heavy atom. The first-order valence-corrected chi connectivity index (χ1v) is 10.7. The topological polar surface area (TPSA) is 46.3 Å². The average molecular weight is 428 g/mol. The summed E-state index contributed by atoms with van der Waals surface area (Å²) in [6.45, 7) is 0. The molecule has 0 amide bonds. The van der Waals surface area contributed by atoms with Gasteiger partial charge in [-0.25, -0.2) is 4.98 Å². The first-order valence-electron chi connectivity index (χ1n) is 9.48. The van der Waals surface area contributed by atoms with Crippen molar-refractivity contribution in [1.29, 1.82) is 0 Å². The fourth-order valence-corrected chi connectivity index (χ4v) is 5.27. The second-order valence-corrected chi connectivity index (χ2v) is 8.56. The standard InChI is InChI=1S/C25H14ClNO2S/c26-19-12-14(13-22-23(19)27-25(30-22)18-7-1-3-10-20(18)28)15-8-5-9-17-16-6-2-4-11-21(16)29-24(15)17/h1-13,28H. The van der Waals surface area contributed by atoms with Crippen molar-refractivity contribution in [2.24, 2.45) is 0 Å². The van der Waals surface area contributed by atoms with E-state index in [-0.39, 0.29) is 5.75 Å². The van der Waals surface area contributed by atoms with Gasteiger partial charge in [0.25, 0.3) is 0 Å². The van der Waals surface area contributed by atoms with Crippen LogP contribution in [0.2, 0.25) is 5.02 Å². The van der Waals surface area contributed by atoms with Crippen LogP contribution in [0, 0.1) is 0 Å². The number of benzene rings is 4. The summed E-state index contributed by atoms with van der Waals surface area (Å²) in [5, 5.41) is 13.7. The molecule has 0 atom stereocenters. The van der Waals surface area contributed by atoms with Crippen LogP contribution in [0.1, 0.15) is 0 Å². The Morgan fingerprint density at radius 1 is 0.833 bits per heavy atom. The Balaban J connectivity index is 1.58. The summed E-state index contributed by atoms with van der Waals surface area (Å²) >= 11 is 8.15. The Labute approximate surface area is 180 Å². The molecule has 2 aromatic heterocycles. The number of para-hydroxylation sites is 3. The number of furan rings is 1. The van der Waals surface area contributed by atoms with E-state index >= 15 is 0 Å². The Kier molecular flexibility index (Phi) is 3.85. The van der Waals surface area contributed by atoms with Crippen LogP contribution in [-0.2, 0) is 0 Å². The van der Waals surface area contributed by atoms with Gasteiger partial charge in [-0.15, -0.1) is 11.3 Å². The van der Waals surface area contributed by atoms with Gasteiger partial charge in [-0.2, -0.15) is 0 Å². The summed E-state index contributed by atoms with van der Waals surface area (Å²) in [7, 11) is 0. The molecule has 6 rings (SSSR count). The highest BCUT2D eigenvalue weighted by Gasteiger charge is 2.16. The van der Waals surface area contributed by atoms with E-state index in [0.29, 0.717) is 10.6 Å². The fraction of sp³-hybridized carbons (Fsp3) is 0. The van der Waals surface area contributed by atoms with E-state index < -0.39 is 0 Å². The summed E-state index contributed by atoms with van der Waals surface area (Å²) in [4.78, 5) is 4.68. The number of phenolic OH excluding ortho intramolecular Hbond substituents is 1. The second-order valence-electron chi connectivity index (χ2n) is 7.12. The molecular formula is C25H14ClNO2S. The van der Waals surface area contributed by atoms with Crippen LogP contribution >= 0.6 is 22.9 Å². The maximum Gasteiger partial charge on any atom is 0.143 e. The van der Waals surface area contributed by atoms with Crippen LogP contribution in [-0.4, -0.2) is 10.1 Å². The van der Waals surface area contributed by atoms with E-state index in [9.17, 15) is 5.11 Å². The van der Waals surface area contributed by atoms with Gasteiger partial charge in [0, 0.05) is 16.3 Å². The van der Waals surface area contributed by atoms with Crippen molar-refractivity contribution in [2.75, 3.05) is 0 Å². The van der Waals surface area contributed by atoms with Crippen LogP contribution in [0.15, 0.2) is 83.3 Å². The molecule has 5 heteroatoms. The number of aromatic nitrogens is 1. The number of rotatable bonds is 2. The predicted molar refractivity (Wildman–Crippen MR) is 124 cm³/mol. The number of aromatic hydroxyl groups is 1. The molecule has 1 N–H and O–H groups in total. The first kappa shape index (κ1) is 17.5. The summed E-state index contributed by atoms with van der Waals surface area (Å²) in [6, 6.07) is 25.4. The molecule has 144 valence electrons. The van der Waals surface area contributed by atoms with E-state index in [0.717, 1.165) is 48.3 Å². The van der Waals surface area contributed by atoms with Gasteiger partial charge < -0.3 is 9.52 Å². The summed E-state index contributed by atoms with van der Waals surface area (Å²) in [5.41, 5.74) is 5.12. The van der Waals surface area contributed by atoms with Gasteiger partial charge in [-0.1, -0.05) is 60.1 Å². The molecule has 4 aromatic carbocycles. The molecule has 0 saturated heterocycles. The fourth-order valence-electron chi connectivity index (χ4n) is 3.89. The molecule has 0 fully saturated rings. The van der Waals surface area contributed by atoms with E-state index in [1.54, 1.807) is 12.1 Å². The summed E-state index contributed by atoms with van der Waals surface area (Å²) < 4.78 is 7.15. The normalized spacial score (nSPS) is 11.6. The number of nitrogens with zero attached hydrogens (tertiary/aromatic N) is 1. The van der Waals surface area contributed by atoms with Crippen LogP contribution in [0.3, 0.4) is 0 Å². The molecular weight excluding hydrogens is 414 g/mol. The second kappa shape index (κ2) is 6.59. The van der Waals surface area contributed by atoms with Crippen molar-refractivity contribution in [3.63, 3.8) is 0 Å². The van der Waals surface area contributed by atoms with Crippen molar-refractivity contribution in [3.05, 3.63) is 83.9 Å². The van der Waals surface area contributed by atoms with Gasteiger partial charge >= 0.3 is 0 Å². The van der Waals surface area contributed by atoms with E-state index in [2.05, 4.69) is 23.2 Å². The molecule has 0 spiro atoms. The van der Waals surface area contributed by atoms with E-state index in [4.69, 9.17) is 16.0 Å². The minimum absolute atomic E-state index is 0.208. The van der Waals surface area contributed by atoms with Crippen molar-refractivity contribution >= 4 is 55.1 Å². The number of hydrogen-bond acceptors (Lipinski definition) is 4. The zero-order valence-corrected chi connectivity index (χ0v) is 17.2. The molecule has 0 unspecified atom stereocenters. The van der Waals surface area contributed by atoms with Gasteiger partial charge in [0.2, 0.25) is 0 Å². The third kappa shape index (κ3) is 2.61. The summed E-state index contributed by atoms with van der Waals surface area (Å²) in [6.07, 6.45) is 0. The lowest BCUT2D eigenvalue weighted by Crippen LogP contribution is -1.81. The van der Waals surface area contributed by atoms with Crippen molar-refractivity contribution in [3.8, 4) is 27.4 Å².